The summed E-state index contributed by atoms with van der Waals surface area (Å²) >= 11 is 0. The zero-order valence-electron chi connectivity index (χ0n) is 16.3. The molecular weight excluding hydrogens is 357 g/mol. The summed E-state index contributed by atoms with van der Waals surface area (Å²) in [5, 5.41) is 6.16. The summed E-state index contributed by atoms with van der Waals surface area (Å²) in [6, 6.07) is 14.8. The van der Waals surface area contributed by atoms with E-state index in [0.717, 1.165) is 29.3 Å². The summed E-state index contributed by atoms with van der Waals surface area (Å²) in [6.07, 6.45) is 0. The Morgan fingerprint density at radius 3 is 2.71 bits per heavy atom. The number of hydrogen-bond donors (Lipinski definition) is 2. The largest absolute Gasteiger partial charge is 0.360 e. The number of anilines is 1. The number of guanidine groups is 1. The standard InChI is InChI=1S/C21H26FN5O/c1-23-21(26(2)14-17-4-3-5-18(22)12-17)25-13-16-6-8-19(9-7-16)27-11-10-24-20(28)15-27/h3-9,12H,10-11,13-15H2,1-2H3,(H,23,25)(H,24,28). The lowest BCUT2D eigenvalue weighted by Crippen LogP contribution is -2.47. The van der Waals surface area contributed by atoms with Crippen molar-refractivity contribution in [3.8, 4) is 0 Å². The lowest BCUT2D eigenvalue weighted by Gasteiger charge is -2.28. The first kappa shape index (κ1) is 19.7. The van der Waals surface area contributed by atoms with Gasteiger partial charge < -0.3 is 20.4 Å². The smallest absolute Gasteiger partial charge is 0.239 e. The SMILES string of the molecule is CN=C(NCc1ccc(N2CCNC(=O)C2)cc1)N(C)Cc1cccc(F)c1. The molecule has 1 heterocycles. The number of amides is 1. The highest BCUT2D eigenvalue weighted by Crippen LogP contribution is 2.16. The summed E-state index contributed by atoms with van der Waals surface area (Å²) in [4.78, 5) is 19.9. The van der Waals surface area contributed by atoms with Crippen LogP contribution in [0.3, 0.4) is 0 Å². The molecule has 3 rings (SSSR count). The minimum Gasteiger partial charge on any atom is -0.360 e. The normalized spacial score (nSPS) is 14.6. The molecule has 2 N–H and O–H groups in total. The maximum absolute atomic E-state index is 13.4. The predicted molar refractivity (Wildman–Crippen MR) is 110 cm³/mol. The van der Waals surface area contributed by atoms with Gasteiger partial charge in [0.05, 0.1) is 6.54 Å². The third-order valence-corrected chi connectivity index (χ3v) is 4.67. The molecule has 0 atom stereocenters. The molecule has 28 heavy (non-hydrogen) atoms. The molecule has 7 heteroatoms. The lowest BCUT2D eigenvalue weighted by atomic mass is 10.2. The molecule has 2 aromatic rings. The summed E-state index contributed by atoms with van der Waals surface area (Å²) < 4.78 is 13.4. The quantitative estimate of drug-likeness (QED) is 0.612. The first-order chi connectivity index (χ1) is 13.5. The molecule has 0 radical (unpaired) electrons. The number of rotatable bonds is 5. The van der Waals surface area contributed by atoms with Gasteiger partial charge in [-0.25, -0.2) is 4.39 Å². The van der Waals surface area contributed by atoms with Crippen LogP contribution in [0, 0.1) is 5.82 Å². The first-order valence-corrected chi connectivity index (χ1v) is 9.32. The average Bonchev–Trinajstić information content (AvgIpc) is 2.69. The van der Waals surface area contributed by atoms with Crippen LogP contribution in [0.5, 0.6) is 0 Å². The van der Waals surface area contributed by atoms with Gasteiger partial charge in [0.25, 0.3) is 0 Å². The minimum absolute atomic E-state index is 0.0575. The Labute approximate surface area is 165 Å². The van der Waals surface area contributed by atoms with E-state index in [1.165, 1.54) is 12.1 Å². The van der Waals surface area contributed by atoms with Crippen LogP contribution >= 0.6 is 0 Å². The number of nitrogens with one attached hydrogen (secondary N) is 2. The second-order valence-corrected chi connectivity index (χ2v) is 6.82. The van der Waals surface area contributed by atoms with Gasteiger partial charge in [-0.1, -0.05) is 24.3 Å². The van der Waals surface area contributed by atoms with Crippen LogP contribution in [0.2, 0.25) is 0 Å². The van der Waals surface area contributed by atoms with Crippen molar-refractivity contribution >= 4 is 17.6 Å². The van der Waals surface area contributed by atoms with Crippen LogP contribution in [0.15, 0.2) is 53.5 Å². The number of halogens is 1. The van der Waals surface area contributed by atoms with Crippen molar-refractivity contribution in [1.29, 1.82) is 0 Å². The van der Waals surface area contributed by atoms with E-state index in [1.807, 2.05) is 30.1 Å². The second-order valence-electron chi connectivity index (χ2n) is 6.82. The highest BCUT2D eigenvalue weighted by atomic mass is 19.1. The van der Waals surface area contributed by atoms with E-state index in [2.05, 4.69) is 32.7 Å². The van der Waals surface area contributed by atoms with Gasteiger partial charge in [0.2, 0.25) is 5.91 Å². The Hall–Kier alpha value is -3.09. The van der Waals surface area contributed by atoms with E-state index in [4.69, 9.17) is 0 Å². The van der Waals surface area contributed by atoms with Crippen molar-refractivity contribution in [2.24, 2.45) is 4.99 Å². The van der Waals surface area contributed by atoms with Gasteiger partial charge in [-0.05, 0) is 35.4 Å². The highest BCUT2D eigenvalue weighted by molar-refractivity contribution is 5.82. The molecule has 2 aromatic carbocycles. The number of aliphatic imine (C=N–C) groups is 1. The molecule has 1 aliphatic rings. The maximum atomic E-state index is 13.4. The van der Waals surface area contributed by atoms with Gasteiger partial charge >= 0.3 is 0 Å². The fourth-order valence-electron chi connectivity index (χ4n) is 3.23. The zero-order valence-corrected chi connectivity index (χ0v) is 16.3. The Balaban J connectivity index is 1.55. The van der Waals surface area contributed by atoms with Crippen molar-refractivity contribution in [2.75, 3.05) is 38.6 Å². The second kappa shape index (κ2) is 9.21. The van der Waals surface area contributed by atoms with Gasteiger partial charge in [-0.2, -0.15) is 0 Å². The fourth-order valence-corrected chi connectivity index (χ4v) is 3.23. The molecule has 0 unspecified atom stereocenters. The third kappa shape index (κ3) is 5.22. The highest BCUT2D eigenvalue weighted by Gasteiger charge is 2.16. The predicted octanol–water partition coefficient (Wildman–Crippen LogP) is 1.97. The van der Waals surface area contributed by atoms with Crippen LogP contribution in [-0.4, -0.2) is 50.5 Å². The van der Waals surface area contributed by atoms with E-state index in [9.17, 15) is 9.18 Å². The molecule has 1 saturated heterocycles. The molecule has 1 aliphatic heterocycles. The molecule has 6 nitrogen and oxygen atoms in total. The summed E-state index contributed by atoms with van der Waals surface area (Å²) in [6.45, 7) is 3.08. The summed E-state index contributed by atoms with van der Waals surface area (Å²) in [5.41, 5.74) is 3.05. The van der Waals surface area contributed by atoms with Crippen LogP contribution in [-0.2, 0) is 17.9 Å². The number of carbonyl (C=O) groups is 1. The number of nitrogens with zero attached hydrogens (tertiary/aromatic N) is 3. The first-order valence-electron chi connectivity index (χ1n) is 9.32. The van der Waals surface area contributed by atoms with Crippen LogP contribution < -0.4 is 15.5 Å². The van der Waals surface area contributed by atoms with Gasteiger partial charge in [-0.3, -0.25) is 9.79 Å². The van der Waals surface area contributed by atoms with E-state index in [1.54, 1.807) is 13.1 Å². The fraction of sp³-hybridized carbons (Fsp3) is 0.333. The zero-order chi connectivity index (χ0) is 19.9. The van der Waals surface area contributed by atoms with Crippen molar-refractivity contribution in [2.45, 2.75) is 13.1 Å². The number of piperazine rings is 1. The van der Waals surface area contributed by atoms with Crippen LogP contribution in [0.25, 0.3) is 0 Å². The van der Waals surface area contributed by atoms with E-state index < -0.39 is 0 Å². The number of benzene rings is 2. The van der Waals surface area contributed by atoms with Gasteiger partial charge in [0.15, 0.2) is 5.96 Å². The van der Waals surface area contributed by atoms with Crippen LogP contribution in [0.4, 0.5) is 10.1 Å². The Kier molecular flexibility index (Phi) is 6.47. The monoisotopic (exact) mass is 383 g/mol. The Morgan fingerprint density at radius 1 is 1.25 bits per heavy atom. The van der Waals surface area contributed by atoms with Gasteiger partial charge in [-0.15, -0.1) is 0 Å². The van der Waals surface area contributed by atoms with Crippen molar-refractivity contribution < 1.29 is 9.18 Å². The molecule has 148 valence electrons. The van der Waals surface area contributed by atoms with Gasteiger partial charge in [0.1, 0.15) is 5.82 Å². The minimum atomic E-state index is -0.236. The molecule has 0 saturated carbocycles. The van der Waals surface area contributed by atoms with Gasteiger partial charge in [0, 0.05) is 46.0 Å². The average molecular weight is 383 g/mol. The van der Waals surface area contributed by atoms with Crippen molar-refractivity contribution in [3.05, 3.63) is 65.5 Å². The summed E-state index contributed by atoms with van der Waals surface area (Å²) in [5.74, 6) is 0.559. The molecule has 1 fully saturated rings. The lowest BCUT2D eigenvalue weighted by molar-refractivity contribution is -0.120. The molecule has 0 spiro atoms. The Morgan fingerprint density at radius 2 is 2.04 bits per heavy atom. The van der Waals surface area contributed by atoms with E-state index in [-0.39, 0.29) is 11.7 Å². The van der Waals surface area contributed by atoms with Crippen molar-refractivity contribution in [3.63, 3.8) is 0 Å². The maximum Gasteiger partial charge on any atom is 0.239 e. The molecule has 1 amide bonds. The summed E-state index contributed by atoms with van der Waals surface area (Å²) in [7, 11) is 3.65. The number of hydrogen-bond acceptors (Lipinski definition) is 3. The number of carbonyl (C=O) groups excluding carboxylic acids is 1. The molecule has 0 aliphatic carbocycles. The van der Waals surface area contributed by atoms with E-state index >= 15 is 0 Å². The molecule has 0 bridgehead atoms. The topological polar surface area (TPSA) is 60.0 Å². The Bertz CT molecular complexity index is 837. The van der Waals surface area contributed by atoms with Crippen LogP contribution in [0.1, 0.15) is 11.1 Å². The molecule has 0 aromatic heterocycles. The third-order valence-electron chi connectivity index (χ3n) is 4.67. The molecular formula is C21H26FN5O. The van der Waals surface area contributed by atoms with E-state index in [0.29, 0.717) is 26.2 Å². The van der Waals surface area contributed by atoms with Crippen molar-refractivity contribution in [1.82, 2.24) is 15.5 Å².